The molecule has 0 aromatic carbocycles. The summed E-state index contributed by atoms with van der Waals surface area (Å²) in [6.07, 6.45) is 5.94. The Morgan fingerprint density at radius 3 is 2.81 bits per heavy atom. The average molecular weight is 240 g/mol. The highest BCUT2D eigenvalue weighted by molar-refractivity contribution is 7.99. The number of rotatable bonds is 4. The zero-order chi connectivity index (χ0) is 11.4. The van der Waals surface area contributed by atoms with Crippen molar-refractivity contribution in [2.24, 2.45) is 5.73 Å². The van der Waals surface area contributed by atoms with E-state index in [0.717, 1.165) is 13.1 Å². The first-order chi connectivity index (χ1) is 7.77. The van der Waals surface area contributed by atoms with Crippen LogP contribution in [0.15, 0.2) is 23.0 Å². The van der Waals surface area contributed by atoms with E-state index >= 15 is 0 Å². The largest absolute Gasteiger partial charge is 0.472 e. The predicted molar refractivity (Wildman–Crippen MR) is 68.5 cm³/mol. The van der Waals surface area contributed by atoms with Crippen molar-refractivity contribution in [1.29, 1.82) is 0 Å². The van der Waals surface area contributed by atoms with Crippen LogP contribution >= 0.6 is 11.8 Å². The van der Waals surface area contributed by atoms with Crippen molar-refractivity contribution in [3.05, 3.63) is 24.2 Å². The molecule has 0 amide bonds. The molecule has 0 unspecified atom stereocenters. The Balaban J connectivity index is 2.02. The number of nitrogens with zero attached hydrogens (tertiary/aromatic N) is 1. The van der Waals surface area contributed by atoms with Crippen molar-refractivity contribution in [2.75, 3.05) is 25.1 Å². The summed E-state index contributed by atoms with van der Waals surface area (Å²) < 4.78 is 5.11. The number of hydrogen-bond acceptors (Lipinski definition) is 4. The van der Waals surface area contributed by atoms with Gasteiger partial charge in [0.15, 0.2) is 0 Å². The van der Waals surface area contributed by atoms with E-state index in [2.05, 4.69) is 11.9 Å². The van der Waals surface area contributed by atoms with Gasteiger partial charge in [0, 0.05) is 24.2 Å². The second kappa shape index (κ2) is 5.25. The van der Waals surface area contributed by atoms with E-state index in [-0.39, 0.29) is 5.54 Å². The van der Waals surface area contributed by atoms with Crippen molar-refractivity contribution < 1.29 is 4.42 Å². The summed E-state index contributed by atoms with van der Waals surface area (Å²) in [7, 11) is 2.18. The molecule has 0 aliphatic carbocycles. The molecule has 0 spiro atoms. The second-order valence-electron chi connectivity index (χ2n) is 4.53. The first kappa shape index (κ1) is 12.0. The molecule has 0 atom stereocenters. The lowest BCUT2D eigenvalue weighted by Crippen LogP contribution is -2.53. The minimum Gasteiger partial charge on any atom is -0.472 e. The molecule has 1 aliphatic rings. The third kappa shape index (κ3) is 2.44. The minimum atomic E-state index is 0.197. The molecule has 1 aromatic heterocycles. The molecule has 16 heavy (non-hydrogen) atoms. The topological polar surface area (TPSA) is 42.4 Å². The van der Waals surface area contributed by atoms with Crippen LogP contribution < -0.4 is 5.73 Å². The summed E-state index contributed by atoms with van der Waals surface area (Å²) in [6.45, 7) is 1.68. The molecule has 2 rings (SSSR count). The minimum absolute atomic E-state index is 0.197. The molecule has 1 aliphatic heterocycles. The smallest absolute Gasteiger partial charge is 0.0947 e. The fraction of sp³-hybridized carbons (Fsp3) is 0.667. The Labute approximate surface area is 101 Å². The Kier molecular flexibility index (Phi) is 3.95. The van der Waals surface area contributed by atoms with E-state index in [1.165, 1.54) is 29.9 Å². The third-order valence-corrected chi connectivity index (χ3v) is 4.60. The molecular weight excluding hydrogens is 220 g/mol. The second-order valence-corrected chi connectivity index (χ2v) is 5.75. The quantitative estimate of drug-likeness (QED) is 0.873. The lowest BCUT2D eigenvalue weighted by Gasteiger charge is -2.43. The van der Waals surface area contributed by atoms with Crippen LogP contribution in [0.25, 0.3) is 0 Å². The summed E-state index contributed by atoms with van der Waals surface area (Å²) in [5, 5.41) is 0. The van der Waals surface area contributed by atoms with Gasteiger partial charge in [0.25, 0.3) is 0 Å². The van der Waals surface area contributed by atoms with Gasteiger partial charge in [-0.1, -0.05) is 0 Å². The van der Waals surface area contributed by atoms with Gasteiger partial charge in [0.05, 0.1) is 12.5 Å². The van der Waals surface area contributed by atoms with E-state index in [9.17, 15) is 0 Å². The maximum Gasteiger partial charge on any atom is 0.0947 e. The highest BCUT2D eigenvalue weighted by atomic mass is 32.2. The highest BCUT2D eigenvalue weighted by Crippen LogP contribution is 2.31. The fourth-order valence-corrected chi connectivity index (χ4v) is 3.57. The molecule has 2 N–H and O–H groups in total. The van der Waals surface area contributed by atoms with E-state index in [0.29, 0.717) is 0 Å². The summed E-state index contributed by atoms with van der Waals surface area (Å²) >= 11 is 2.04. The third-order valence-electron chi connectivity index (χ3n) is 3.61. The van der Waals surface area contributed by atoms with Crippen molar-refractivity contribution in [3.8, 4) is 0 Å². The van der Waals surface area contributed by atoms with Gasteiger partial charge < -0.3 is 10.2 Å². The van der Waals surface area contributed by atoms with Gasteiger partial charge in [-0.2, -0.15) is 11.8 Å². The van der Waals surface area contributed by atoms with E-state index < -0.39 is 0 Å². The van der Waals surface area contributed by atoms with Crippen molar-refractivity contribution >= 4 is 11.8 Å². The normalized spacial score (nSPS) is 20.2. The summed E-state index contributed by atoms with van der Waals surface area (Å²) in [6, 6.07) is 2.03. The van der Waals surface area contributed by atoms with Crippen LogP contribution in [0.3, 0.4) is 0 Å². The average Bonchev–Trinajstić information content (AvgIpc) is 2.82. The number of thioether (sulfide) groups is 1. The number of furan rings is 1. The first-order valence-corrected chi connectivity index (χ1v) is 6.92. The molecule has 0 saturated carbocycles. The van der Waals surface area contributed by atoms with Gasteiger partial charge >= 0.3 is 0 Å². The van der Waals surface area contributed by atoms with Crippen LogP contribution in [0, 0.1) is 0 Å². The van der Waals surface area contributed by atoms with Gasteiger partial charge in [0.1, 0.15) is 0 Å². The van der Waals surface area contributed by atoms with Crippen LogP contribution in [-0.4, -0.2) is 35.5 Å². The lowest BCUT2D eigenvalue weighted by molar-refractivity contribution is 0.107. The van der Waals surface area contributed by atoms with Crippen LogP contribution in [0.1, 0.15) is 18.4 Å². The molecule has 0 bridgehead atoms. The molecule has 1 fully saturated rings. The van der Waals surface area contributed by atoms with Crippen LogP contribution in [-0.2, 0) is 6.54 Å². The zero-order valence-corrected chi connectivity index (χ0v) is 10.6. The van der Waals surface area contributed by atoms with E-state index in [1.807, 2.05) is 24.1 Å². The maximum absolute atomic E-state index is 5.99. The van der Waals surface area contributed by atoms with Crippen molar-refractivity contribution in [2.45, 2.75) is 24.9 Å². The molecule has 2 heterocycles. The Morgan fingerprint density at radius 1 is 1.50 bits per heavy atom. The molecule has 0 radical (unpaired) electrons. The van der Waals surface area contributed by atoms with Crippen LogP contribution in [0.2, 0.25) is 0 Å². The van der Waals surface area contributed by atoms with Crippen LogP contribution in [0.4, 0.5) is 0 Å². The van der Waals surface area contributed by atoms with Gasteiger partial charge in [-0.05, 0) is 37.5 Å². The van der Waals surface area contributed by atoms with Gasteiger partial charge in [-0.25, -0.2) is 0 Å². The SMILES string of the molecule is CN(Cc1ccoc1)C1(CN)CCSCC1. The van der Waals surface area contributed by atoms with E-state index in [4.69, 9.17) is 10.2 Å². The van der Waals surface area contributed by atoms with Gasteiger partial charge in [-0.15, -0.1) is 0 Å². The lowest BCUT2D eigenvalue weighted by atomic mass is 9.90. The Hall–Kier alpha value is -0.450. The summed E-state index contributed by atoms with van der Waals surface area (Å²) in [4.78, 5) is 2.40. The summed E-state index contributed by atoms with van der Waals surface area (Å²) in [5.74, 6) is 2.46. The zero-order valence-electron chi connectivity index (χ0n) is 9.82. The molecule has 90 valence electrons. The van der Waals surface area contributed by atoms with Gasteiger partial charge in [0.2, 0.25) is 0 Å². The molecule has 1 aromatic rings. The fourth-order valence-electron chi connectivity index (χ4n) is 2.32. The van der Waals surface area contributed by atoms with Crippen molar-refractivity contribution in [3.63, 3.8) is 0 Å². The number of likely N-dealkylation sites (N-methyl/N-ethyl adjacent to an activating group) is 1. The van der Waals surface area contributed by atoms with E-state index in [1.54, 1.807) is 6.26 Å². The number of hydrogen-bond donors (Lipinski definition) is 1. The standard InChI is InChI=1S/C12H20N2OS/c1-14(8-11-2-5-15-9-11)12(10-13)3-6-16-7-4-12/h2,5,9H,3-4,6-8,10,13H2,1H3. The monoisotopic (exact) mass is 240 g/mol. The van der Waals surface area contributed by atoms with Crippen LogP contribution in [0.5, 0.6) is 0 Å². The Bertz CT molecular complexity index is 307. The molecule has 4 heteroatoms. The highest BCUT2D eigenvalue weighted by Gasteiger charge is 2.34. The molecule has 3 nitrogen and oxygen atoms in total. The summed E-state index contributed by atoms with van der Waals surface area (Å²) in [5.41, 5.74) is 7.42. The Morgan fingerprint density at radius 2 is 2.25 bits per heavy atom. The maximum atomic E-state index is 5.99. The molecule has 1 saturated heterocycles. The molecular formula is C12H20N2OS. The predicted octanol–water partition coefficient (Wildman–Crippen LogP) is 1.94. The first-order valence-electron chi connectivity index (χ1n) is 5.77. The van der Waals surface area contributed by atoms with Gasteiger partial charge in [-0.3, -0.25) is 4.90 Å². The number of nitrogens with two attached hydrogens (primary N) is 1. The van der Waals surface area contributed by atoms with Crippen molar-refractivity contribution in [1.82, 2.24) is 4.90 Å².